The van der Waals surface area contributed by atoms with Gasteiger partial charge in [-0.05, 0) is 43.4 Å². The molecule has 0 unspecified atom stereocenters. The van der Waals surface area contributed by atoms with E-state index in [1.807, 2.05) is 6.07 Å². The first kappa shape index (κ1) is 17.4. The first-order valence-electron chi connectivity index (χ1n) is 8.50. The first-order valence-corrected chi connectivity index (χ1v) is 9.31. The molecule has 2 aromatic rings. The minimum absolute atomic E-state index is 0.138. The van der Waals surface area contributed by atoms with Crippen LogP contribution in [-0.2, 0) is 24.2 Å². The quantitative estimate of drug-likeness (QED) is 0.823. The summed E-state index contributed by atoms with van der Waals surface area (Å²) in [6.07, 6.45) is 8.38. The summed E-state index contributed by atoms with van der Waals surface area (Å²) in [4.78, 5) is 37.7. The molecule has 7 heteroatoms. The first-order chi connectivity index (χ1) is 12.1. The van der Waals surface area contributed by atoms with Crippen LogP contribution < -0.4 is 16.4 Å². The second kappa shape index (κ2) is 8.11. The predicted molar refractivity (Wildman–Crippen MR) is 96.5 cm³/mol. The molecule has 2 heterocycles. The Labute approximate surface area is 149 Å². The molecule has 0 aromatic carbocycles. The summed E-state index contributed by atoms with van der Waals surface area (Å²) in [7, 11) is 0. The summed E-state index contributed by atoms with van der Waals surface area (Å²) in [6, 6.07) is 6.61. The number of hydrazine groups is 1. The second-order valence-electron chi connectivity index (χ2n) is 6.14. The summed E-state index contributed by atoms with van der Waals surface area (Å²) in [5.41, 5.74) is 5.80. The van der Waals surface area contributed by atoms with Crippen molar-refractivity contribution in [3.05, 3.63) is 56.1 Å². The lowest BCUT2D eigenvalue weighted by Crippen LogP contribution is -2.43. The Morgan fingerprint density at radius 2 is 1.88 bits per heavy atom. The number of amides is 2. The Bertz CT molecular complexity index is 799. The van der Waals surface area contributed by atoms with Gasteiger partial charge >= 0.3 is 0 Å². The molecular formula is C18H21N3O3S. The summed E-state index contributed by atoms with van der Waals surface area (Å²) in [5.74, 6) is -0.762. The predicted octanol–water partition coefficient (Wildman–Crippen LogP) is 2.03. The van der Waals surface area contributed by atoms with Crippen LogP contribution in [0.1, 0.15) is 45.8 Å². The molecule has 0 spiro atoms. The fourth-order valence-corrected chi connectivity index (χ4v) is 4.08. The van der Waals surface area contributed by atoms with Gasteiger partial charge in [-0.2, -0.15) is 0 Å². The Hall–Kier alpha value is -2.41. The third-order valence-electron chi connectivity index (χ3n) is 4.25. The number of thiophene rings is 1. The van der Waals surface area contributed by atoms with Gasteiger partial charge in [0.25, 0.3) is 17.4 Å². The van der Waals surface area contributed by atoms with E-state index in [4.69, 9.17) is 0 Å². The molecule has 2 N–H and O–H groups in total. The highest BCUT2D eigenvalue weighted by molar-refractivity contribution is 7.14. The zero-order chi connectivity index (χ0) is 17.6. The topological polar surface area (TPSA) is 80.2 Å². The fraction of sp³-hybridized carbons (Fsp3) is 0.389. The van der Waals surface area contributed by atoms with Crippen molar-refractivity contribution in [2.24, 2.45) is 0 Å². The molecule has 2 aromatic heterocycles. The molecule has 0 aliphatic heterocycles. The molecule has 0 saturated heterocycles. The van der Waals surface area contributed by atoms with E-state index >= 15 is 0 Å². The average molecular weight is 359 g/mol. The molecule has 3 rings (SSSR count). The van der Waals surface area contributed by atoms with Gasteiger partial charge in [0.1, 0.15) is 6.54 Å². The number of nitrogens with one attached hydrogen (secondary N) is 2. The number of fused-ring (bicyclic) bond motifs is 1. The van der Waals surface area contributed by atoms with Crippen molar-refractivity contribution in [3.8, 4) is 0 Å². The smallest absolute Gasteiger partial charge is 0.279 e. The Balaban J connectivity index is 1.57. The van der Waals surface area contributed by atoms with Gasteiger partial charge in [0, 0.05) is 17.1 Å². The maximum absolute atomic E-state index is 12.3. The van der Waals surface area contributed by atoms with Crippen molar-refractivity contribution in [1.29, 1.82) is 0 Å². The van der Waals surface area contributed by atoms with Crippen molar-refractivity contribution < 1.29 is 9.59 Å². The molecule has 1 aliphatic carbocycles. The zero-order valence-electron chi connectivity index (χ0n) is 13.9. The van der Waals surface area contributed by atoms with Crippen molar-refractivity contribution in [2.45, 2.75) is 45.1 Å². The van der Waals surface area contributed by atoms with Crippen LogP contribution in [-0.4, -0.2) is 16.4 Å². The number of hydrogen-bond donors (Lipinski definition) is 2. The minimum Gasteiger partial charge on any atom is -0.306 e. The molecule has 6 nitrogen and oxygen atoms in total. The maximum Gasteiger partial charge on any atom is 0.279 e. The van der Waals surface area contributed by atoms with E-state index in [0.717, 1.165) is 25.7 Å². The molecule has 2 amide bonds. The number of nitrogens with zero attached hydrogens (tertiary/aromatic N) is 1. The van der Waals surface area contributed by atoms with Crippen molar-refractivity contribution in [3.63, 3.8) is 0 Å². The van der Waals surface area contributed by atoms with Crippen LogP contribution in [0.5, 0.6) is 0 Å². The minimum atomic E-state index is -0.448. The lowest BCUT2D eigenvalue weighted by atomic mass is 10.00. The van der Waals surface area contributed by atoms with Crippen LogP contribution in [0, 0.1) is 0 Å². The van der Waals surface area contributed by atoms with Crippen LogP contribution in [0.2, 0.25) is 0 Å². The number of hydrogen-bond acceptors (Lipinski definition) is 4. The lowest BCUT2D eigenvalue weighted by molar-refractivity contribution is -0.122. The van der Waals surface area contributed by atoms with Crippen LogP contribution in [0.4, 0.5) is 0 Å². The number of rotatable bonds is 3. The normalized spacial score (nSPS) is 14.1. The number of carbonyl (C=O) groups is 2. The van der Waals surface area contributed by atoms with Crippen molar-refractivity contribution in [2.75, 3.05) is 0 Å². The highest BCUT2D eigenvalue weighted by Crippen LogP contribution is 2.28. The fourth-order valence-electron chi connectivity index (χ4n) is 2.93. The van der Waals surface area contributed by atoms with Gasteiger partial charge in [-0.25, -0.2) is 0 Å². The lowest BCUT2D eigenvalue weighted by Gasteiger charge is -2.07. The van der Waals surface area contributed by atoms with Gasteiger partial charge in [0.15, 0.2) is 0 Å². The summed E-state index contributed by atoms with van der Waals surface area (Å²) < 4.78 is 1.28. The van der Waals surface area contributed by atoms with E-state index in [9.17, 15) is 14.4 Å². The Morgan fingerprint density at radius 1 is 1.08 bits per heavy atom. The van der Waals surface area contributed by atoms with Crippen LogP contribution in [0.3, 0.4) is 0 Å². The van der Waals surface area contributed by atoms with E-state index in [2.05, 4.69) is 10.9 Å². The van der Waals surface area contributed by atoms with E-state index < -0.39 is 5.91 Å². The Morgan fingerprint density at radius 3 is 2.68 bits per heavy atom. The second-order valence-corrected chi connectivity index (χ2v) is 7.28. The highest BCUT2D eigenvalue weighted by Gasteiger charge is 2.16. The van der Waals surface area contributed by atoms with Crippen molar-refractivity contribution in [1.82, 2.24) is 15.4 Å². The summed E-state index contributed by atoms with van der Waals surface area (Å²) >= 11 is 1.51. The molecule has 25 heavy (non-hydrogen) atoms. The molecule has 1 aliphatic rings. The summed E-state index contributed by atoms with van der Waals surface area (Å²) in [6.45, 7) is -0.138. The molecule has 0 bridgehead atoms. The molecule has 0 atom stereocenters. The Kier molecular flexibility index (Phi) is 5.65. The number of aryl methyl sites for hydroxylation is 2. The SMILES string of the molecule is O=C(Cn1ccccc1=O)NNC(=O)c1cc2c(s1)CCCCCC2. The number of pyridine rings is 1. The van der Waals surface area contributed by atoms with E-state index in [1.54, 1.807) is 12.1 Å². The third kappa shape index (κ3) is 4.57. The monoisotopic (exact) mass is 359 g/mol. The van der Waals surface area contributed by atoms with Gasteiger partial charge in [-0.3, -0.25) is 25.2 Å². The van der Waals surface area contributed by atoms with Gasteiger partial charge in [-0.1, -0.05) is 18.9 Å². The largest absolute Gasteiger partial charge is 0.306 e. The average Bonchev–Trinajstić information content (AvgIpc) is 2.97. The zero-order valence-corrected chi connectivity index (χ0v) is 14.7. The van der Waals surface area contributed by atoms with Crippen LogP contribution in [0.25, 0.3) is 0 Å². The number of aromatic nitrogens is 1. The molecule has 132 valence electrons. The van der Waals surface area contributed by atoms with Gasteiger partial charge in [0.2, 0.25) is 0 Å². The molecule has 0 fully saturated rings. The number of carbonyl (C=O) groups excluding carboxylic acids is 2. The molecule has 0 saturated carbocycles. The van der Waals surface area contributed by atoms with Gasteiger partial charge < -0.3 is 4.57 Å². The van der Waals surface area contributed by atoms with Crippen LogP contribution >= 0.6 is 11.3 Å². The van der Waals surface area contributed by atoms with Gasteiger partial charge in [0.05, 0.1) is 4.88 Å². The van der Waals surface area contributed by atoms with E-state index in [0.29, 0.717) is 4.88 Å². The third-order valence-corrected chi connectivity index (χ3v) is 5.48. The molecule has 0 radical (unpaired) electrons. The maximum atomic E-state index is 12.3. The van der Waals surface area contributed by atoms with E-state index in [-0.39, 0.29) is 18.0 Å². The van der Waals surface area contributed by atoms with Gasteiger partial charge in [-0.15, -0.1) is 11.3 Å². The summed E-state index contributed by atoms with van der Waals surface area (Å²) in [5, 5.41) is 0. The van der Waals surface area contributed by atoms with E-state index in [1.165, 1.54) is 51.4 Å². The molecular weight excluding hydrogens is 338 g/mol. The standard InChI is InChI=1S/C18H21N3O3S/c22-16(12-21-10-6-5-9-17(21)23)19-20-18(24)15-11-13-7-3-1-2-4-8-14(13)25-15/h5-6,9-11H,1-4,7-8,12H2,(H,19,22)(H,20,24). The van der Waals surface area contributed by atoms with Crippen LogP contribution in [0.15, 0.2) is 35.3 Å². The van der Waals surface area contributed by atoms with Crippen molar-refractivity contribution >= 4 is 23.2 Å². The highest BCUT2D eigenvalue weighted by atomic mass is 32.1.